The van der Waals surface area contributed by atoms with Crippen LogP contribution in [0.1, 0.15) is 13.8 Å². The summed E-state index contributed by atoms with van der Waals surface area (Å²) < 4.78 is 5.26. The highest BCUT2D eigenvalue weighted by Crippen LogP contribution is 2.02. The molecule has 65 valence electrons. The van der Waals surface area contributed by atoms with Crippen molar-refractivity contribution in [2.24, 2.45) is 0 Å². The Labute approximate surface area is 68.7 Å². The number of rotatable bonds is 3. The first-order valence-corrected chi connectivity index (χ1v) is 4.33. The normalized spacial score (nSPS) is 25.9. The molecule has 0 aliphatic carbocycles. The first kappa shape index (κ1) is 8.97. The van der Waals surface area contributed by atoms with Crippen LogP contribution in [0.2, 0.25) is 0 Å². The van der Waals surface area contributed by atoms with Gasteiger partial charge in [-0.1, -0.05) is 13.8 Å². The molecule has 1 fully saturated rings. The van der Waals surface area contributed by atoms with Crippen LogP contribution >= 0.6 is 0 Å². The van der Waals surface area contributed by atoms with E-state index in [1.807, 2.05) is 0 Å². The SMILES string of the molecule is CCN(CC)C1C[N]COC1. The third-order valence-electron chi connectivity index (χ3n) is 2.16. The average molecular weight is 157 g/mol. The van der Waals surface area contributed by atoms with Crippen LogP contribution in [0.3, 0.4) is 0 Å². The van der Waals surface area contributed by atoms with Gasteiger partial charge in [0.25, 0.3) is 0 Å². The molecule has 1 rings (SSSR count). The lowest BCUT2D eigenvalue weighted by Crippen LogP contribution is -2.47. The van der Waals surface area contributed by atoms with Gasteiger partial charge in [0.05, 0.1) is 6.61 Å². The molecule has 1 aliphatic rings. The van der Waals surface area contributed by atoms with Crippen LogP contribution in [0.5, 0.6) is 0 Å². The second-order valence-electron chi connectivity index (χ2n) is 2.78. The second-order valence-corrected chi connectivity index (χ2v) is 2.78. The molecule has 0 spiro atoms. The Bertz CT molecular complexity index is 98.3. The van der Waals surface area contributed by atoms with Gasteiger partial charge in [-0.05, 0) is 13.1 Å². The second kappa shape index (κ2) is 4.70. The Hall–Kier alpha value is -0.120. The fourth-order valence-electron chi connectivity index (χ4n) is 1.47. The smallest absolute Gasteiger partial charge is 0.112 e. The van der Waals surface area contributed by atoms with Crippen LogP contribution in [-0.4, -0.2) is 43.9 Å². The lowest BCUT2D eigenvalue weighted by molar-refractivity contribution is 0.0140. The number of nitrogens with zero attached hydrogens (tertiary/aromatic N) is 2. The maximum absolute atomic E-state index is 5.26. The molecule has 3 nitrogen and oxygen atoms in total. The lowest BCUT2D eigenvalue weighted by Gasteiger charge is -2.31. The Morgan fingerprint density at radius 1 is 1.45 bits per heavy atom. The topological polar surface area (TPSA) is 26.6 Å². The van der Waals surface area contributed by atoms with E-state index in [0.29, 0.717) is 12.8 Å². The summed E-state index contributed by atoms with van der Waals surface area (Å²) in [4.78, 5) is 2.39. The van der Waals surface area contributed by atoms with Gasteiger partial charge in [-0.3, -0.25) is 4.90 Å². The number of hydrogen-bond donors (Lipinski definition) is 0. The molecule has 0 amide bonds. The maximum Gasteiger partial charge on any atom is 0.112 e. The van der Waals surface area contributed by atoms with Crippen molar-refractivity contribution in [3.8, 4) is 0 Å². The predicted octanol–water partition coefficient (Wildman–Crippen LogP) is 0.289. The predicted molar refractivity (Wildman–Crippen MR) is 44.5 cm³/mol. The molecule has 3 heteroatoms. The number of hydrogen-bond acceptors (Lipinski definition) is 2. The molecule has 0 bridgehead atoms. The van der Waals surface area contributed by atoms with E-state index in [9.17, 15) is 0 Å². The molecular formula is C8H17N2O. The molecule has 0 aromatic rings. The van der Waals surface area contributed by atoms with Crippen LogP contribution < -0.4 is 5.32 Å². The zero-order valence-corrected chi connectivity index (χ0v) is 7.42. The minimum atomic E-state index is 0.527. The van der Waals surface area contributed by atoms with Crippen molar-refractivity contribution in [2.45, 2.75) is 19.9 Å². The zero-order valence-electron chi connectivity index (χ0n) is 7.42. The third kappa shape index (κ3) is 2.43. The summed E-state index contributed by atoms with van der Waals surface area (Å²) in [5.74, 6) is 0. The van der Waals surface area contributed by atoms with E-state index in [4.69, 9.17) is 4.74 Å². The average Bonchev–Trinajstić information content (AvgIpc) is 2.09. The Morgan fingerprint density at radius 2 is 2.18 bits per heavy atom. The molecule has 11 heavy (non-hydrogen) atoms. The first-order valence-electron chi connectivity index (χ1n) is 4.33. The number of likely N-dealkylation sites (N-methyl/N-ethyl adjacent to an activating group) is 1. The maximum atomic E-state index is 5.26. The molecule has 1 heterocycles. The summed E-state index contributed by atoms with van der Waals surface area (Å²) in [5, 5.41) is 4.21. The minimum absolute atomic E-state index is 0.527. The van der Waals surface area contributed by atoms with Crippen molar-refractivity contribution in [2.75, 3.05) is 33.0 Å². The summed E-state index contributed by atoms with van der Waals surface area (Å²) in [6, 6.07) is 0.527. The van der Waals surface area contributed by atoms with Crippen LogP contribution in [-0.2, 0) is 4.74 Å². The Balaban J connectivity index is 2.30. The Morgan fingerprint density at radius 3 is 2.64 bits per heavy atom. The highest BCUT2D eigenvalue weighted by molar-refractivity contribution is 4.73. The van der Waals surface area contributed by atoms with Crippen molar-refractivity contribution in [3.63, 3.8) is 0 Å². The van der Waals surface area contributed by atoms with E-state index < -0.39 is 0 Å². The van der Waals surface area contributed by atoms with E-state index >= 15 is 0 Å². The van der Waals surface area contributed by atoms with Gasteiger partial charge in [-0.2, -0.15) is 0 Å². The number of ether oxygens (including phenoxy) is 1. The van der Waals surface area contributed by atoms with Gasteiger partial charge in [-0.25, -0.2) is 5.32 Å². The fourth-order valence-corrected chi connectivity index (χ4v) is 1.47. The van der Waals surface area contributed by atoms with E-state index in [1.165, 1.54) is 0 Å². The van der Waals surface area contributed by atoms with E-state index in [0.717, 1.165) is 26.2 Å². The van der Waals surface area contributed by atoms with Crippen LogP contribution in [0.25, 0.3) is 0 Å². The molecule has 0 aromatic carbocycles. The van der Waals surface area contributed by atoms with Crippen LogP contribution in [0.4, 0.5) is 0 Å². The van der Waals surface area contributed by atoms with Gasteiger partial charge >= 0.3 is 0 Å². The third-order valence-corrected chi connectivity index (χ3v) is 2.16. The zero-order chi connectivity index (χ0) is 8.10. The summed E-state index contributed by atoms with van der Waals surface area (Å²) in [6.45, 7) is 8.95. The van der Waals surface area contributed by atoms with E-state index in [2.05, 4.69) is 24.1 Å². The van der Waals surface area contributed by atoms with Crippen molar-refractivity contribution >= 4 is 0 Å². The van der Waals surface area contributed by atoms with Gasteiger partial charge < -0.3 is 4.74 Å². The summed E-state index contributed by atoms with van der Waals surface area (Å²) in [5.41, 5.74) is 0. The molecule has 1 saturated heterocycles. The van der Waals surface area contributed by atoms with E-state index in [1.54, 1.807) is 0 Å². The highest BCUT2D eigenvalue weighted by Gasteiger charge is 2.18. The van der Waals surface area contributed by atoms with Crippen molar-refractivity contribution in [1.82, 2.24) is 10.2 Å². The molecule has 1 atom stereocenters. The van der Waals surface area contributed by atoms with E-state index in [-0.39, 0.29) is 0 Å². The van der Waals surface area contributed by atoms with Gasteiger partial charge in [0.15, 0.2) is 0 Å². The summed E-state index contributed by atoms with van der Waals surface area (Å²) in [7, 11) is 0. The Kier molecular flexibility index (Phi) is 3.83. The molecule has 1 unspecified atom stereocenters. The lowest BCUT2D eigenvalue weighted by atomic mass is 10.2. The minimum Gasteiger partial charge on any atom is -0.363 e. The van der Waals surface area contributed by atoms with Crippen LogP contribution in [0, 0.1) is 0 Å². The van der Waals surface area contributed by atoms with Gasteiger partial charge in [0.2, 0.25) is 0 Å². The van der Waals surface area contributed by atoms with Gasteiger partial charge in [0, 0.05) is 12.6 Å². The largest absolute Gasteiger partial charge is 0.363 e. The highest BCUT2D eigenvalue weighted by atomic mass is 16.5. The molecular weight excluding hydrogens is 140 g/mol. The standard InChI is InChI=1S/C8H17N2O/c1-3-10(4-2)8-5-9-7-11-6-8/h8H,3-7H2,1-2H3. The van der Waals surface area contributed by atoms with Crippen molar-refractivity contribution in [3.05, 3.63) is 0 Å². The van der Waals surface area contributed by atoms with Gasteiger partial charge in [-0.15, -0.1) is 0 Å². The molecule has 1 radical (unpaired) electrons. The molecule has 0 aromatic heterocycles. The summed E-state index contributed by atoms with van der Waals surface area (Å²) in [6.07, 6.45) is 0. The fraction of sp³-hybridized carbons (Fsp3) is 1.00. The van der Waals surface area contributed by atoms with Crippen molar-refractivity contribution < 1.29 is 4.74 Å². The monoisotopic (exact) mass is 157 g/mol. The quantitative estimate of drug-likeness (QED) is 0.588. The van der Waals surface area contributed by atoms with Gasteiger partial charge in [0.1, 0.15) is 6.73 Å². The first-order chi connectivity index (χ1) is 5.38. The summed E-state index contributed by atoms with van der Waals surface area (Å²) >= 11 is 0. The van der Waals surface area contributed by atoms with Crippen LogP contribution in [0.15, 0.2) is 0 Å². The molecule has 0 saturated carbocycles. The van der Waals surface area contributed by atoms with Crippen molar-refractivity contribution in [1.29, 1.82) is 0 Å². The molecule has 0 N–H and O–H groups in total. The molecule has 1 aliphatic heterocycles.